The van der Waals surface area contributed by atoms with Crippen molar-refractivity contribution in [2.45, 2.75) is 41.5 Å². The summed E-state index contributed by atoms with van der Waals surface area (Å²) in [6.07, 6.45) is 0. The summed E-state index contributed by atoms with van der Waals surface area (Å²) in [6.45, 7) is 14.4. The molecule has 3 rings (SSSR count). The molecule has 3 aromatic rings. The molecule has 238 valence electrons. The van der Waals surface area contributed by atoms with Crippen LogP contribution in [0.25, 0.3) is 11.1 Å². The first-order chi connectivity index (χ1) is 20.9. The van der Waals surface area contributed by atoms with Gasteiger partial charge in [-0.25, -0.2) is 4.79 Å². The number of ether oxygens (including phenoxy) is 6. The van der Waals surface area contributed by atoms with E-state index in [2.05, 4.69) is 41.5 Å². The zero-order chi connectivity index (χ0) is 32.2. The monoisotopic (exact) mass is 606 g/mol. The molecule has 0 fully saturated rings. The summed E-state index contributed by atoms with van der Waals surface area (Å²) in [4.78, 5) is 25.2. The van der Waals surface area contributed by atoms with Crippen LogP contribution in [0.4, 0.5) is 0 Å². The topological polar surface area (TPSA) is 89.5 Å². The van der Waals surface area contributed by atoms with Crippen molar-refractivity contribution in [1.29, 1.82) is 0 Å². The minimum atomic E-state index is -0.449. The first-order valence-electron chi connectivity index (χ1n) is 14.9. The lowest BCUT2D eigenvalue weighted by atomic mass is 9.67. The van der Waals surface area contributed by atoms with E-state index < -0.39 is 5.97 Å². The Hall–Kier alpha value is -3.88. The Morgan fingerprint density at radius 3 is 1.55 bits per heavy atom. The molecule has 0 aliphatic carbocycles. The lowest BCUT2D eigenvalue weighted by molar-refractivity contribution is -0.159. The molecule has 0 aromatic heterocycles. The van der Waals surface area contributed by atoms with Crippen LogP contribution < -0.4 is 14.2 Å². The third-order valence-electron chi connectivity index (χ3n) is 6.89. The van der Waals surface area contributed by atoms with Crippen molar-refractivity contribution < 1.29 is 38.0 Å². The summed E-state index contributed by atoms with van der Waals surface area (Å²) in [5.41, 5.74) is 2.09. The molecule has 8 heteroatoms. The average molecular weight is 607 g/mol. The summed E-state index contributed by atoms with van der Waals surface area (Å²) in [6, 6.07) is 21.9. The number of carbonyl (C=O) groups excluding carboxylic acids is 2. The van der Waals surface area contributed by atoms with Crippen molar-refractivity contribution in [3.8, 4) is 28.4 Å². The fourth-order valence-electron chi connectivity index (χ4n) is 5.18. The maximum Gasteiger partial charge on any atom is 0.343 e. The van der Waals surface area contributed by atoms with Gasteiger partial charge in [0.15, 0.2) is 0 Å². The predicted octanol–water partition coefficient (Wildman–Crippen LogP) is 7.25. The molecule has 44 heavy (non-hydrogen) atoms. The van der Waals surface area contributed by atoms with Crippen LogP contribution in [0, 0.1) is 16.7 Å². The Morgan fingerprint density at radius 1 is 0.591 bits per heavy atom. The van der Waals surface area contributed by atoms with Gasteiger partial charge in [0.1, 0.15) is 30.5 Å². The molecule has 0 saturated heterocycles. The molecule has 0 bridgehead atoms. The highest BCUT2D eigenvalue weighted by atomic mass is 16.6. The van der Waals surface area contributed by atoms with Gasteiger partial charge in [0, 0.05) is 0 Å². The van der Waals surface area contributed by atoms with Crippen molar-refractivity contribution >= 4 is 11.9 Å². The number of hydrogen-bond acceptors (Lipinski definition) is 8. The third-order valence-corrected chi connectivity index (χ3v) is 6.89. The van der Waals surface area contributed by atoms with Gasteiger partial charge in [-0.2, -0.15) is 0 Å². The fraction of sp³-hybridized carbons (Fsp3) is 0.444. The normalized spacial score (nSPS) is 11.7. The van der Waals surface area contributed by atoms with Crippen LogP contribution in [0.2, 0.25) is 0 Å². The standard InChI is InChI=1S/C36H46O8/c1-35(2,3)32(36(4,5)6)34(38)43-25-23-41-21-20-40-22-24-42-30-16-12-28(13-17-30)33(37)44-31-18-10-27(11-19-31)26-8-14-29(39-7)15-9-26/h8-19,32H,20-25H2,1-7H3. The van der Waals surface area contributed by atoms with E-state index in [1.165, 1.54) is 0 Å². The van der Waals surface area contributed by atoms with Crippen LogP contribution in [-0.2, 0) is 19.0 Å². The van der Waals surface area contributed by atoms with Crippen LogP contribution in [0.1, 0.15) is 51.9 Å². The number of rotatable bonds is 15. The second kappa shape index (κ2) is 16.3. The Balaban J connectivity index is 1.28. The lowest BCUT2D eigenvalue weighted by Gasteiger charge is -2.38. The molecule has 3 aromatic carbocycles. The van der Waals surface area contributed by atoms with Gasteiger partial charge in [-0.3, -0.25) is 4.79 Å². The van der Waals surface area contributed by atoms with Crippen molar-refractivity contribution in [3.63, 3.8) is 0 Å². The molecule has 0 aliphatic heterocycles. The number of esters is 2. The van der Waals surface area contributed by atoms with Gasteiger partial charge in [0.05, 0.1) is 45.0 Å². The van der Waals surface area contributed by atoms with E-state index in [0.717, 1.165) is 16.9 Å². The molecule has 0 heterocycles. The number of hydrogen-bond donors (Lipinski definition) is 0. The Kier molecular flexibility index (Phi) is 12.8. The van der Waals surface area contributed by atoms with Crippen LogP contribution >= 0.6 is 0 Å². The van der Waals surface area contributed by atoms with Crippen molar-refractivity contribution in [3.05, 3.63) is 78.4 Å². The SMILES string of the molecule is COc1ccc(-c2ccc(OC(=O)c3ccc(OCCOCCOCCOC(=O)C(C(C)(C)C)C(C)(C)C)cc3)cc2)cc1. The van der Waals surface area contributed by atoms with E-state index in [1.54, 1.807) is 43.5 Å². The quantitative estimate of drug-likeness (QED) is 0.102. The summed E-state index contributed by atoms with van der Waals surface area (Å²) in [7, 11) is 1.63. The maximum atomic E-state index is 12.6. The molecule has 0 unspecified atom stereocenters. The van der Waals surface area contributed by atoms with Crippen LogP contribution in [0.5, 0.6) is 17.2 Å². The molecule has 0 amide bonds. The molecule has 0 spiro atoms. The molecule has 0 atom stereocenters. The first-order valence-corrected chi connectivity index (χ1v) is 14.9. The number of carbonyl (C=O) groups is 2. The van der Waals surface area contributed by atoms with E-state index in [4.69, 9.17) is 28.4 Å². The summed E-state index contributed by atoms with van der Waals surface area (Å²) in [5, 5.41) is 0. The predicted molar refractivity (Wildman–Crippen MR) is 170 cm³/mol. The third kappa shape index (κ3) is 11.0. The van der Waals surface area contributed by atoms with Gasteiger partial charge in [-0.15, -0.1) is 0 Å². The fourth-order valence-corrected chi connectivity index (χ4v) is 5.18. The minimum Gasteiger partial charge on any atom is -0.497 e. The van der Waals surface area contributed by atoms with Crippen LogP contribution in [-0.4, -0.2) is 58.7 Å². The Labute approximate surface area is 261 Å². The van der Waals surface area contributed by atoms with Gasteiger partial charge in [-0.05, 0) is 70.5 Å². The highest BCUT2D eigenvalue weighted by molar-refractivity contribution is 5.91. The van der Waals surface area contributed by atoms with E-state index in [1.807, 2.05) is 36.4 Å². The molecule has 0 aliphatic rings. The van der Waals surface area contributed by atoms with Crippen molar-refractivity contribution in [1.82, 2.24) is 0 Å². The van der Waals surface area contributed by atoms with E-state index in [-0.39, 0.29) is 29.3 Å². The number of benzene rings is 3. The zero-order valence-electron chi connectivity index (χ0n) is 27.0. The van der Waals surface area contributed by atoms with Gasteiger partial charge >= 0.3 is 11.9 Å². The van der Waals surface area contributed by atoms with Gasteiger partial charge < -0.3 is 28.4 Å². The second-order valence-corrected chi connectivity index (χ2v) is 12.6. The molecule has 0 N–H and O–H groups in total. The average Bonchev–Trinajstić information content (AvgIpc) is 2.97. The molecule has 0 radical (unpaired) electrons. The molecule has 8 nitrogen and oxygen atoms in total. The molecular formula is C36H46O8. The van der Waals surface area contributed by atoms with E-state index >= 15 is 0 Å². The Morgan fingerprint density at radius 2 is 1.05 bits per heavy atom. The summed E-state index contributed by atoms with van der Waals surface area (Å²) < 4.78 is 33.0. The highest BCUT2D eigenvalue weighted by Crippen LogP contribution is 2.40. The summed E-state index contributed by atoms with van der Waals surface area (Å²) >= 11 is 0. The first kappa shape index (κ1) is 34.6. The van der Waals surface area contributed by atoms with Crippen molar-refractivity contribution in [2.24, 2.45) is 16.7 Å². The Bertz CT molecular complexity index is 1290. The van der Waals surface area contributed by atoms with Gasteiger partial charge in [0.25, 0.3) is 0 Å². The zero-order valence-corrected chi connectivity index (χ0v) is 27.0. The lowest BCUT2D eigenvalue weighted by Crippen LogP contribution is -2.40. The smallest absolute Gasteiger partial charge is 0.343 e. The minimum absolute atomic E-state index is 0.187. The molecule has 0 saturated carbocycles. The maximum absolute atomic E-state index is 12.6. The van der Waals surface area contributed by atoms with E-state index in [0.29, 0.717) is 50.1 Å². The van der Waals surface area contributed by atoms with Crippen LogP contribution in [0.3, 0.4) is 0 Å². The molecular weight excluding hydrogens is 560 g/mol. The largest absolute Gasteiger partial charge is 0.497 e. The van der Waals surface area contributed by atoms with E-state index in [9.17, 15) is 9.59 Å². The second-order valence-electron chi connectivity index (χ2n) is 12.6. The van der Waals surface area contributed by atoms with Gasteiger partial charge in [-0.1, -0.05) is 65.8 Å². The number of methoxy groups -OCH3 is 1. The van der Waals surface area contributed by atoms with Crippen molar-refractivity contribution in [2.75, 3.05) is 46.8 Å². The van der Waals surface area contributed by atoms with Gasteiger partial charge in [0.2, 0.25) is 0 Å². The highest BCUT2D eigenvalue weighted by Gasteiger charge is 2.41. The summed E-state index contributed by atoms with van der Waals surface area (Å²) in [5.74, 6) is 1.03. The van der Waals surface area contributed by atoms with Crippen LogP contribution in [0.15, 0.2) is 72.8 Å².